The number of nitrogens with one attached hydrogen (secondary N) is 3. The lowest BCUT2D eigenvalue weighted by molar-refractivity contribution is 0.00893. The first-order valence-electron chi connectivity index (χ1n) is 23.6. The van der Waals surface area contributed by atoms with Crippen LogP contribution in [0, 0.1) is 13.6 Å². The molecule has 0 saturated carbocycles. The fourth-order valence-corrected chi connectivity index (χ4v) is 7.75. The first-order chi connectivity index (χ1) is 34.5. The highest BCUT2D eigenvalue weighted by Gasteiger charge is 2.11. The zero-order valence-electron chi connectivity index (χ0n) is 42.3. The second kappa shape index (κ2) is 43.4. The largest absolute Gasteiger partial charge is 0.460 e. The van der Waals surface area contributed by atoms with Crippen LogP contribution in [0.3, 0.4) is 0 Å². The molecule has 27 heteroatoms. The van der Waals surface area contributed by atoms with Crippen LogP contribution in [0.25, 0.3) is 11.5 Å². The van der Waals surface area contributed by atoms with Gasteiger partial charge in [-0.1, -0.05) is 53.3 Å². The Kier molecular flexibility index (Phi) is 39.2. The number of rotatable bonds is 40. The van der Waals surface area contributed by atoms with Gasteiger partial charge in [0.15, 0.2) is 8.29 Å². The molecule has 0 radical (unpaired) electrons. The maximum absolute atomic E-state index is 12.1. The Morgan fingerprint density at radius 3 is 1.70 bits per heavy atom. The fraction of sp³-hybridized carbons (Fsp3) is 0.727. The number of carbonyl (C=O) groups is 1. The van der Waals surface area contributed by atoms with Gasteiger partial charge in [0.1, 0.15) is 6.61 Å². The highest BCUT2D eigenvalue weighted by atomic mass is 32.2. The summed E-state index contributed by atoms with van der Waals surface area (Å²) in [6.45, 7) is 19.8. The quantitative estimate of drug-likeness (QED) is 0.0214. The first kappa shape index (κ1) is 64.1. The lowest BCUT2D eigenvalue weighted by Crippen LogP contribution is -2.29. The van der Waals surface area contributed by atoms with Gasteiger partial charge in [-0.3, -0.25) is 5.10 Å². The normalized spacial score (nSPS) is 11.3. The lowest BCUT2D eigenvalue weighted by atomic mass is 10.1. The van der Waals surface area contributed by atoms with E-state index < -0.39 is 5.97 Å². The Morgan fingerprint density at radius 1 is 0.676 bits per heavy atom. The number of benzene rings is 1. The molecule has 0 aliphatic heterocycles. The van der Waals surface area contributed by atoms with E-state index in [-0.39, 0.29) is 11.4 Å². The Morgan fingerprint density at radius 2 is 1.21 bits per heavy atom. The maximum atomic E-state index is 12.1. The number of aromatic amines is 3. The zero-order valence-corrected chi connectivity index (χ0v) is 46.4. The van der Waals surface area contributed by atoms with E-state index in [4.69, 9.17) is 83.7 Å². The summed E-state index contributed by atoms with van der Waals surface area (Å²) in [6, 6.07) is 6.79. The molecule has 0 unspecified atom stereocenters. The van der Waals surface area contributed by atoms with Gasteiger partial charge in [0.05, 0.1) is 118 Å². The molecule has 3 N–H and O–H groups in total. The number of nitrogens with zero attached hydrogens (tertiary/aromatic N) is 8. The molecule has 0 aliphatic rings. The van der Waals surface area contributed by atoms with E-state index in [1.165, 1.54) is 24.2 Å². The smallest absolute Gasteiger partial charge is 0.338 e. The molecule has 0 aliphatic carbocycles. The molecule has 71 heavy (non-hydrogen) atoms. The van der Waals surface area contributed by atoms with Gasteiger partial charge in [-0.15, -0.1) is 5.10 Å². The molecule has 1 aromatic carbocycles. The summed E-state index contributed by atoms with van der Waals surface area (Å²) in [6.07, 6.45) is 2.37. The van der Waals surface area contributed by atoms with Gasteiger partial charge in [0.25, 0.3) is 4.84 Å². The summed E-state index contributed by atoms with van der Waals surface area (Å²) in [5.74, 6) is 0.748. The summed E-state index contributed by atoms with van der Waals surface area (Å²) >= 11 is 17.9. The molecule has 0 atom stereocenters. The van der Waals surface area contributed by atoms with E-state index in [2.05, 4.69) is 59.6 Å². The minimum absolute atomic E-state index is 0.170. The number of tetrazole rings is 1. The number of hydrogen-bond acceptors (Lipinski definition) is 23. The Labute approximate surface area is 442 Å². The average Bonchev–Trinajstić information content (AvgIpc) is 4.11. The van der Waals surface area contributed by atoms with Gasteiger partial charge in [0, 0.05) is 31.0 Å². The van der Waals surface area contributed by atoms with Gasteiger partial charge in [-0.25, -0.2) is 14.6 Å². The number of carbonyl (C=O) groups excluding carboxylic acids is 1. The highest BCUT2D eigenvalue weighted by molar-refractivity contribution is 8.01. The molecular formula is C44H77N11O11S5. The van der Waals surface area contributed by atoms with Gasteiger partial charge in [0.2, 0.25) is 10.7 Å². The molecule has 3 heterocycles. The maximum Gasteiger partial charge on any atom is 0.338 e. The van der Waals surface area contributed by atoms with E-state index >= 15 is 0 Å². The highest BCUT2D eigenvalue weighted by Crippen LogP contribution is 2.20. The van der Waals surface area contributed by atoms with E-state index in [1.54, 1.807) is 40.7 Å². The summed E-state index contributed by atoms with van der Waals surface area (Å²) in [5.41, 5.74) is 1.04. The number of likely N-dealkylation sites (N-methyl/N-ethyl adjacent to an activating group) is 2. The molecule has 0 bridgehead atoms. The van der Waals surface area contributed by atoms with Crippen LogP contribution in [0.1, 0.15) is 37.0 Å². The van der Waals surface area contributed by atoms with Crippen LogP contribution in [0.2, 0.25) is 0 Å². The first-order valence-corrected chi connectivity index (χ1v) is 26.7. The summed E-state index contributed by atoms with van der Waals surface area (Å²) in [7, 11) is 8.03. The monoisotopic (exact) mass is 1100 g/mol. The lowest BCUT2D eigenvalue weighted by Gasteiger charge is -2.20. The van der Waals surface area contributed by atoms with E-state index in [0.717, 1.165) is 56.0 Å². The van der Waals surface area contributed by atoms with Crippen LogP contribution in [0.5, 0.6) is 0 Å². The predicted octanol–water partition coefficient (Wildman–Crippen LogP) is 5.56. The minimum atomic E-state index is -0.438. The van der Waals surface area contributed by atoms with Crippen LogP contribution in [0.15, 0.2) is 33.0 Å². The average molecular weight is 1100 g/mol. The standard InChI is InChI=1S/C17H23N3O5S.C15H31N5O3S.C12H23N3O3S3/c1-20(2)6-7-22-8-9-23-10-11-24-16(21)14-5-3-4-13(12-14)15-18-19-17(26)25-15;1-3-5-19(6-4-2)7-9-21-11-13-23-14-12-22-10-8-20-15(24)16-17-18-20;1-15(2)3-4-16-5-6-17-7-8-18-9-10-20-12-14-13-11(19)21-12/h3-5,12H,6-11H2,1-2H3,(H,19,26);3-14H2,1-2H3,(H,16,18,24);3-10H2,1-2H3,(H,13,19). The number of thioether (sulfide) groups is 1. The van der Waals surface area contributed by atoms with Crippen LogP contribution in [-0.2, 0) is 49.2 Å². The molecule has 0 amide bonds. The SMILES string of the molecule is CCCN(CCC)CCOCCOCCOCCn1[nH]nnc1=S.CN(C)CCOCCOCCOC(=O)c1cccc(-c2n[nH]c(=S)o2)c1.CN(C)CCOCCOCCOCCSc1n[nH]c(=S)s1. The Balaban J connectivity index is 0.000000367. The number of esters is 1. The predicted molar refractivity (Wildman–Crippen MR) is 281 cm³/mol. The molecule has 0 spiro atoms. The molecular weight excluding hydrogens is 1020 g/mol. The number of aromatic nitrogens is 8. The van der Waals surface area contributed by atoms with Gasteiger partial charge >= 0.3 is 5.97 Å². The van der Waals surface area contributed by atoms with E-state index in [9.17, 15) is 4.79 Å². The van der Waals surface area contributed by atoms with E-state index in [1.807, 2.05) is 33.1 Å². The van der Waals surface area contributed by atoms with Crippen molar-refractivity contribution in [2.75, 3.05) is 179 Å². The van der Waals surface area contributed by atoms with Crippen molar-refractivity contribution in [2.24, 2.45) is 0 Å². The molecule has 0 saturated heterocycles. The molecule has 3 aromatic heterocycles. The van der Waals surface area contributed by atoms with Gasteiger partial charge in [-0.05, 0) is 109 Å². The van der Waals surface area contributed by atoms with Crippen molar-refractivity contribution < 1.29 is 51.8 Å². The molecule has 4 rings (SSSR count). The minimum Gasteiger partial charge on any atom is -0.460 e. The van der Waals surface area contributed by atoms with Crippen LogP contribution < -0.4 is 0 Å². The second-order valence-electron chi connectivity index (χ2n) is 15.4. The summed E-state index contributed by atoms with van der Waals surface area (Å²) < 4.78 is 57.8. The molecule has 4 aromatic rings. The second-order valence-corrected chi connectivity index (χ2v) is 19.2. The van der Waals surface area contributed by atoms with Crippen LogP contribution >= 0.6 is 59.8 Å². The zero-order chi connectivity index (χ0) is 51.6. The third kappa shape index (κ3) is 35.0. The van der Waals surface area contributed by atoms with Crippen molar-refractivity contribution in [1.82, 2.24) is 55.3 Å². The van der Waals surface area contributed by atoms with Crippen molar-refractivity contribution in [3.05, 3.63) is 43.4 Å². The number of ether oxygens (including phenoxy) is 9. The Hall–Kier alpha value is -2.97. The van der Waals surface area contributed by atoms with Crippen LogP contribution in [0.4, 0.5) is 0 Å². The van der Waals surface area contributed by atoms with Crippen molar-refractivity contribution in [2.45, 2.75) is 37.6 Å². The summed E-state index contributed by atoms with van der Waals surface area (Å²) in [4.78, 5) is 18.8. The summed E-state index contributed by atoms with van der Waals surface area (Å²) in [5, 5.41) is 23.3. The van der Waals surface area contributed by atoms with Crippen molar-refractivity contribution in [3.8, 4) is 11.5 Å². The van der Waals surface area contributed by atoms with E-state index in [0.29, 0.717) is 125 Å². The fourth-order valence-electron chi connectivity index (χ4n) is 5.45. The third-order valence-electron chi connectivity index (χ3n) is 8.96. The Bertz CT molecular complexity index is 2050. The molecule has 22 nitrogen and oxygen atoms in total. The topological polar surface area (TPSA) is 227 Å². The van der Waals surface area contributed by atoms with Crippen LogP contribution in [-0.4, -0.2) is 240 Å². The number of H-pyrrole nitrogens is 3. The molecule has 0 fully saturated rings. The third-order valence-corrected chi connectivity index (χ3v) is 11.6. The van der Waals surface area contributed by atoms with Crippen molar-refractivity contribution >= 4 is 65.7 Å². The van der Waals surface area contributed by atoms with Crippen molar-refractivity contribution in [3.63, 3.8) is 0 Å². The number of hydrogen-bond donors (Lipinski definition) is 3. The van der Waals surface area contributed by atoms with Gasteiger partial charge in [-0.2, -0.15) is 10.3 Å². The van der Waals surface area contributed by atoms with Gasteiger partial charge < -0.3 is 61.7 Å². The molecule has 404 valence electrons. The van der Waals surface area contributed by atoms with Crippen molar-refractivity contribution in [1.29, 1.82) is 0 Å².